The molecule has 0 unspecified atom stereocenters. The SMILES string of the molecule is CC/C=C(\SC)c1nc2ccccc2s1. The molecule has 0 N–H and O–H groups in total. The van der Waals surface area contributed by atoms with Crippen molar-refractivity contribution in [3.63, 3.8) is 0 Å². The Bertz CT molecular complexity index is 452. The Morgan fingerprint density at radius 2 is 2.27 bits per heavy atom. The van der Waals surface area contributed by atoms with Crippen molar-refractivity contribution in [2.24, 2.45) is 0 Å². The minimum Gasteiger partial charge on any atom is -0.235 e. The number of nitrogens with zero attached hydrogens (tertiary/aromatic N) is 1. The lowest BCUT2D eigenvalue weighted by Gasteiger charge is -1.96. The summed E-state index contributed by atoms with van der Waals surface area (Å²) >= 11 is 3.54. The fourth-order valence-corrected chi connectivity index (χ4v) is 3.25. The Balaban J connectivity index is 2.48. The number of thioether (sulfide) groups is 1. The van der Waals surface area contributed by atoms with Crippen molar-refractivity contribution in [2.45, 2.75) is 13.3 Å². The van der Waals surface area contributed by atoms with Crippen LogP contribution in [-0.4, -0.2) is 11.2 Å². The van der Waals surface area contributed by atoms with Crippen LogP contribution < -0.4 is 0 Å². The number of benzene rings is 1. The molecule has 1 aromatic carbocycles. The molecule has 0 fully saturated rings. The topological polar surface area (TPSA) is 12.9 Å². The van der Waals surface area contributed by atoms with Crippen molar-refractivity contribution < 1.29 is 0 Å². The third-order valence-corrected chi connectivity index (χ3v) is 4.11. The molecule has 0 amide bonds. The largest absolute Gasteiger partial charge is 0.235 e. The van der Waals surface area contributed by atoms with Crippen LogP contribution in [-0.2, 0) is 0 Å². The van der Waals surface area contributed by atoms with Gasteiger partial charge in [0.15, 0.2) is 0 Å². The zero-order valence-corrected chi connectivity index (χ0v) is 10.5. The molecule has 3 heteroatoms. The number of allylic oxidation sites excluding steroid dienone is 1. The summed E-state index contributed by atoms with van der Waals surface area (Å²) in [7, 11) is 0. The predicted octanol–water partition coefficient (Wildman–Crippen LogP) is 4.41. The van der Waals surface area contributed by atoms with Crippen molar-refractivity contribution in [2.75, 3.05) is 6.26 Å². The van der Waals surface area contributed by atoms with Crippen LogP contribution in [0.4, 0.5) is 0 Å². The highest BCUT2D eigenvalue weighted by Gasteiger charge is 2.06. The molecule has 0 bridgehead atoms. The van der Waals surface area contributed by atoms with E-state index in [1.54, 1.807) is 23.1 Å². The summed E-state index contributed by atoms with van der Waals surface area (Å²) in [4.78, 5) is 5.92. The van der Waals surface area contributed by atoms with Gasteiger partial charge in [-0.2, -0.15) is 0 Å². The van der Waals surface area contributed by atoms with Crippen LogP contribution in [0.2, 0.25) is 0 Å². The van der Waals surface area contributed by atoms with E-state index in [2.05, 4.69) is 42.4 Å². The van der Waals surface area contributed by atoms with E-state index in [1.165, 1.54) is 9.61 Å². The molecular weight excluding hydrogens is 222 g/mol. The smallest absolute Gasteiger partial charge is 0.130 e. The van der Waals surface area contributed by atoms with E-state index in [4.69, 9.17) is 0 Å². The van der Waals surface area contributed by atoms with Crippen LogP contribution in [0.5, 0.6) is 0 Å². The van der Waals surface area contributed by atoms with Crippen molar-refractivity contribution in [3.8, 4) is 0 Å². The van der Waals surface area contributed by atoms with E-state index in [0.717, 1.165) is 16.9 Å². The Hall–Kier alpha value is -0.800. The van der Waals surface area contributed by atoms with E-state index in [1.807, 2.05) is 6.07 Å². The van der Waals surface area contributed by atoms with Crippen LogP contribution in [0.25, 0.3) is 15.1 Å². The van der Waals surface area contributed by atoms with Gasteiger partial charge in [0.05, 0.1) is 10.2 Å². The molecule has 0 spiro atoms. The second kappa shape index (κ2) is 4.81. The number of hydrogen-bond donors (Lipinski definition) is 0. The lowest BCUT2D eigenvalue weighted by molar-refractivity contribution is 1.23. The van der Waals surface area contributed by atoms with E-state index >= 15 is 0 Å². The highest BCUT2D eigenvalue weighted by atomic mass is 32.2. The molecule has 2 aromatic rings. The Labute approximate surface area is 98.2 Å². The zero-order valence-electron chi connectivity index (χ0n) is 8.86. The van der Waals surface area contributed by atoms with Gasteiger partial charge in [-0.15, -0.1) is 23.1 Å². The summed E-state index contributed by atoms with van der Waals surface area (Å²) in [6, 6.07) is 8.29. The first-order valence-electron chi connectivity index (χ1n) is 4.95. The molecule has 15 heavy (non-hydrogen) atoms. The average molecular weight is 235 g/mol. The van der Waals surface area contributed by atoms with E-state index < -0.39 is 0 Å². The third-order valence-electron chi connectivity index (χ3n) is 2.11. The van der Waals surface area contributed by atoms with Crippen molar-refractivity contribution in [1.82, 2.24) is 4.98 Å². The second-order valence-corrected chi connectivity index (χ2v) is 5.05. The number of rotatable bonds is 3. The number of thiazole rings is 1. The number of fused-ring (bicyclic) bond motifs is 1. The number of hydrogen-bond acceptors (Lipinski definition) is 3. The summed E-state index contributed by atoms with van der Waals surface area (Å²) in [6.07, 6.45) is 5.40. The molecule has 1 heterocycles. The van der Waals surface area contributed by atoms with Gasteiger partial charge < -0.3 is 0 Å². The molecule has 78 valence electrons. The van der Waals surface area contributed by atoms with E-state index in [9.17, 15) is 0 Å². The van der Waals surface area contributed by atoms with Crippen molar-refractivity contribution in [1.29, 1.82) is 0 Å². The minimum absolute atomic E-state index is 1.06. The maximum Gasteiger partial charge on any atom is 0.130 e. The van der Waals surface area contributed by atoms with Gasteiger partial charge in [0.25, 0.3) is 0 Å². The quantitative estimate of drug-likeness (QED) is 0.781. The molecule has 0 aliphatic heterocycles. The van der Waals surface area contributed by atoms with E-state index in [0.29, 0.717) is 0 Å². The normalized spacial score (nSPS) is 12.3. The van der Waals surface area contributed by atoms with Crippen LogP contribution in [0.1, 0.15) is 18.4 Å². The first kappa shape index (κ1) is 10.7. The monoisotopic (exact) mass is 235 g/mol. The molecule has 0 atom stereocenters. The van der Waals surface area contributed by atoms with Crippen LogP contribution >= 0.6 is 23.1 Å². The summed E-state index contributed by atoms with van der Waals surface area (Å²) in [5.41, 5.74) is 1.11. The molecular formula is C12H13NS2. The van der Waals surface area contributed by atoms with Gasteiger partial charge in [0.2, 0.25) is 0 Å². The molecule has 0 radical (unpaired) electrons. The highest BCUT2D eigenvalue weighted by molar-refractivity contribution is 8.07. The van der Waals surface area contributed by atoms with Crippen LogP contribution in [0.15, 0.2) is 30.3 Å². The third kappa shape index (κ3) is 2.24. The summed E-state index contributed by atoms with van der Waals surface area (Å²) < 4.78 is 1.27. The minimum atomic E-state index is 1.06. The maximum atomic E-state index is 4.63. The first-order valence-corrected chi connectivity index (χ1v) is 6.99. The maximum absolute atomic E-state index is 4.63. The van der Waals surface area contributed by atoms with Gasteiger partial charge in [-0.3, -0.25) is 0 Å². The van der Waals surface area contributed by atoms with Crippen molar-refractivity contribution in [3.05, 3.63) is 35.3 Å². The standard InChI is InChI=1S/C12H13NS2/c1-3-6-11(14-2)12-13-9-7-4-5-8-10(9)15-12/h4-8H,3H2,1-2H3/b11-6-. The Morgan fingerprint density at radius 1 is 1.47 bits per heavy atom. The number of para-hydroxylation sites is 1. The van der Waals surface area contributed by atoms with Crippen LogP contribution in [0.3, 0.4) is 0 Å². The summed E-state index contributed by atoms with van der Waals surface area (Å²) in [6.45, 7) is 2.16. The van der Waals surface area contributed by atoms with Crippen LogP contribution in [0, 0.1) is 0 Å². The first-order chi connectivity index (χ1) is 7.35. The molecule has 0 aliphatic rings. The molecule has 1 aromatic heterocycles. The molecule has 0 saturated carbocycles. The fourth-order valence-electron chi connectivity index (χ4n) is 1.42. The zero-order chi connectivity index (χ0) is 10.7. The predicted molar refractivity (Wildman–Crippen MR) is 71.4 cm³/mol. The molecule has 1 nitrogen and oxygen atoms in total. The van der Waals surface area contributed by atoms with Gasteiger partial charge in [0, 0.05) is 4.91 Å². The Kier molecular flexibility index (Phi) is 3.44. The van der Waals surface area contributed by atoms with Gasteiger partial charge in [-0.05, 0) is 24.8 Å². The fraction of sp³-hybridized carbons (Fsp3) is 0.250. The molecule has 2 rings (SSSR count). The van der Waals surface area contributed by atoms with Gasteiger partial charge in [-0.25, -0.2) is 4.98 Å². The number of aromatic nitrogens is 1. The lowest BCUT2D eigenvalue weighted by Crippen LogP contribution is -1.76. The van der Waals surface area contributed by atoms with E-state index in [-0.39, 0.29) is 0 Å². The van der Waals surface area contributed by atoms with Crippen molar-refractivity contribution >= 4 is 38.2 Å². The summed E-state index contributed by atoms with van der Waals surface area (Å²) in [5.74, 6) is 0. The lowest BCUT2D eigenvalue weighted by atomic mass is 10.3. The Morgan fingerprint density at radius 3 is 2.93 bits per heavy atom. The highest BCUT2D eigenvalue weighted by Crippen LogP contribution is 2.32. The molecule has 0 aliphatic carbocycles. The summed E-state index contributed by atoms with van der Waals surface area (Å²) in [5, 5.41) is 1.14. The average Bonchev–Trinajstić information content (AvgIpc) is 2.69. The second-order valence-electron chi connectivity index (χ2n) is 3.17. The van der Waals surface area contributed by atoms with Gasteiger partial charge >= 0.3 is 0 Å². The van der Waals surface area contributed by atoms with Gasteiger partial charge in [0.1, 0.15) is 5.01 Å². The molecule has 0 saturated heterocycles. The van der Waals surface area contributed by atoms with Gasteiger partial charge in [-0.1, -0.05) is 25.1 Å².